The molecular formula is C17H26ClFN4O3SSi. The molecule has 11 heteroatoms. The number of ether oxygens (including phenoxy) is 1. The number of pyridine rings is 1. The van der Waals surface area contributed by atoms with Crippen molar-refractivity contribution < 1.29 is 17.8 Å². The largest absolute Gasteiger partial charge is 0.480 e. The van der Waals surface area contributed by atoms with Crippen LogP contribution in [0.4, 0.5) is 10.2 Å². The van der Waals surface area contributed by atoms with Crippen LogP contribution in [0.5, 0.6) is 5.88 Å². The van der Waals surface area contributed by atoms with Gasteiger partial charge in [-0.3, -0.25) is 4.21 Å². The number of fused-ring (bicyclic) bond motifs is 1. The number of rotatable bonds is 7. The number of nitrogens with zero attached hydrogens (tertiary/aromatic N) is 3. The van der Waals surface area contributed by atoms with Crippen molar-refractivity contribution >= 4 is 47.4 Å². The number of anilines is 1. The molecule has 1 N–H and O–H groups in total. The third-order valence-corrected chi connectivity index (χ3v) is 10.3. The summed E-state index contributed by atoms with van der Waals surface area (Å²) in [6.07, 6.45) is 1.42. The Balaban J connectivity index is 2.38. The van der Waals surface area contributed by atoms with E-state index in [9.17, 15) is 8.60 Å². The Hall–Kier alpha value is -1.36. The molecule has 7 nitrogen and oxygen atoms in total. The van der Waals surface area contributed by atoms with Gasteiger partial charge < -0.3 is 14.5 Å². The summed E-state index contributed by atoms with van der Waals surface area (Å²) < 4.78 is 37.8. The lowest BCUT2D eigenvalue weighted by atomic mass is 10.2. The van der Waals surface area contributed by atoms with Crippen molar-refractivity contribution in [2.45, 2.75) is 44.1 Å². The van der Waals surface area contributed by atoms with Gasteiger partial charge in [-0.1, -0.05) is 32.4 Å². The van der Waals surface area contributed by atoms with Crippen LogP contribution in [0.2, 0.25) is 23.3 Å². The van der Waals surface area contributed by atoms with Crippen LogP contribution in [0.25, 0.3) is 10.9 Å². The maximum atomic E-state index is 14.5. The van der Waals surface area contributed by atoms with Crippen LogP contribution < -0.4 is 10.1 Å². The summed E-state index contributed by atoms with van der Waals surface area (Å²) in [7, 11) is -2.01. The molecule has 0 spiro atoms. The van der Waals surface area contributed by atoms with Gasteiger partial charge in [-0.25, -0.2) is 14.4 Å². The highest BCUT2D eigenvalue weighted by Gasteiger charge is 2.36. The van der Waals surface area contributed by atoms with E-state index in [1.54, 1.807) is 0 Å². The van der Waals surface area contributed by atoms with Crippen LogP contribution in [0.15, 0.2) is 5.16 Å². The van der Waals surface area contributed by atoms with Crippen LogP contribution in [0.3, 0.4) is 0 Å². The van der Waals surface area contributed by atoms with E-state index >= 15 is 0 Å². The molecule has 2 rings (SSSR count). The van der Waals surface area contributed by atoms with Crippen LogP contribution in [-0.4, -0.2) is 54.0 Å². The lowest BCUT2D eigenvalue weighted by Crippen LogP contribution is -2.41. The Morgan fingerprint density at radius 1 is 1.25 bits per heavy atom. The van der Waals surface area contributed by atoms with E-state index in [1.165, 1.54) is 13.4 Å². The summed E-state index contributed by atoms with van der Waals surface area (Å²) >= 11 is 5.84. The molecular weight excluding hydrogens is 423 g/mol. The molecule has 0 saturated heterocycles. The molecule has 28 heavy (non-hydrogen) atoms. The van der Waals surface area contributed by atoms with E-state index < -0.39 is 24.9 Å². The molecule has 0 aliphatic carbocycles. The minimum atomic E-state index is -1.90. The smallest absolute Gasteiger partial charge is 0.228 e. The first-order chi connectivity index (χ1) is 12.9. The Kier molecular flexibility index (Phi) is 7.01. The van der Waals surface area contributed by atoms with Gasteiger partial charge in [-0.15, -0.1) is 0 Å². The van der Waals surface area contributed by atoms with E-state index in [1.807, 2.05) is 0 Å². The van der Waals surface area contributed by atoms with Crippen LogP contribution in [0, 0.1) is 5.82 Å². The third kappa shape index (κ3) is 4.78. The molecule has 0 radical (unpaired) electrons. The van der Waals surface area contributed by atoms with Crippen molar-refractivity contribution in [2.75, 3.05) is 31.8 Å². The van der Waals surface area contributed by atoms with Gasteiger partial charge >= 0.3 is 0 Å². The van der Waals surface area contributed by atoms with Gasteiger partial charge in [-0.05, 0) is 18.1 Å². The topological polar surface area (TPSA) is 86.2 Å². The normalized spacial score (nSPS) is 13.6. The van der Waals surface area contributed by atoms with Crippen molar-refractivity contribution in [3.05, 3.63) is 11.0 Å². The van der Waals surface area contributed by atoms with Gasteiger partial charge in [-0.2, -0.15) is 4.98 Å². The summed E-state index contributed by atoms with van der Waals surface area (Å²) in [5.41, 5.74) is -0.0927. The molecule has 1 unspecified atom stereocenters. The average molecular weight is 449 g/mol. The highest BCUT2D eigenvalue weighted by molar-refractivity contribution is 7.84. The monoisotopic (exact) mass is 448 g/mol. The van der Waals surface area contributed by atoms with E-state index in [2.05, 4.69) is 54.1 Å². The van der Waals surface area contributed by atoms with Gasteiger partial charge in [0.2, 0.25) is 11.0 Å². The summed E-state index contributed by atoms with van der Waals surface area (Å²) in [5, 5.41) is 3.06. The van der Waals surface area contributed by atoms with Gasteiger partial charge in [0, 0.05) is 12.8 Å². The van der Waals surface area contributed by atoms with Crippen molar-refractivity contribution in [2.24, 2.45) is 0 Å². The summed E-state index contributed by atoms with van der Waals surface area (Å²) in [6, 6.07) is 0. The molecule has 0 aromatic carbocycles. The van der Waals surface area contributed by atoms with Crippen LogP contribution in [-0.2, 0) is 15.2 Å². The zero-order valence-corrected chi connectivity index (χ0v) is 19.7. The first-order valence-electron chi connectivity index (χ1n) is 8.71. The minimum absolute atomic E-state index is 0.0106. The molecule has 0 fully saturated rings. The molecule has 156 valence electrons. The summed E-state index contributed by atoms with van der Waals surface area (Å²) in [5.74, 6) is -0.455. The van der Waals surface area contributed by atoms with Gasteiger partial charge in [0.1, 0.15) is 16.7 Å². The summed E-state index contributed by atoms with van der Waals surface area (Å²) in [4.78, 5) is 12.2. The van der Waals surface area contributed by atoms with E-state index in [0.717, 1.165) is 0 Å². The van der Waals surface area contributed by atoms with Crippen LogP contribution in [0.1, 0.15) is 20.8 Å². The van der Waals surface area contributed by atoms with Crippen molar-refractivity contribution in [3.63, 3.8) is 0 Å². The zero-order chi connectivity index (χ0) is 21.3. The maximum absolute atomic E-state index is 14.5. The Morgan fingerprint density at radius 2 is 1.89 bits per heavy atom. The number of methoxy groups -OCH3 is 1. The maximum Gasteiger partial charge on any atom is 0.228 e. The number of nitrogens with one attached hydrogen (secondary N) is 1. The molecule has 0 amide bonds. The first kappa shape index (κ1) is 22.9. The molecule has 0 saturated carbocycles. The van der Waals surface area contributed by atoms with Gasteiger partial charge in [0.05, 0.1) is 24.5 Å². The first-order valence-corrected chi connectivity index (χ1v) is 13.6. The summed E-state index contributed by atoms with van der Waals surface area (Å²) in [6.45, 7) is 11.7. The number of hydrogen-bond acceptors (Lipinski definition) is 7. The highest BCUT2D eigenvalue weighted by Crippen LogP contribution is 2.37. The minimum Gasteiger partial charge on any atom is -0.480 e. The van der Waals surface area contributed by atoms with Crippen molar-refractivity contribution in [1.82, 2.24) is 15.0 Å². The molecule has 2 aromatic heterocycles. The van der Waals surface area contributed by atoms with Crippen molar-refractivity contribution in [1.29, 1.82) is 0 Å². The van der Waals surface area contributed by atoms with E-state index in [-0.39, 0.29) is 37.9 Å². The molecule has 2 heterocycles. The predicted octanol–water partition coefficient (Wildman–Crippen LogP) is 4.00. The van der Waals surface area contributed by atoms with Crippen molar-refractivity contribution in [3.8, 4) is 5.88 Å². The third-order valence-electron chi connectivity index (χ3n) is 4.81. The standard InChI is InChI=1S/C17H26ClFN4O3SSi/c1-17(2,3)28(6,7)26-9-8-20-14-10-12(21-16(23-14)27(5)24)11(19)13(18)22-15(10)25-4/h8-9H2,1-7H3,(H,20,21,23). The van der Waals surface area contributed by atoms with Gasteiger partial charge in [0.15, 0.2) is 19.3 Å². The average Bonchev–Trinajstić information content (AvgIpc) is 2.60. The molecule has 2 aromatic rings. The van der Waals surface area contributed by atoms with E-state index in [4.69, 9.17) is 20.8 Å². The van der Waals surface area contributed by atoms with Crippen LogP contribution >= 0.6 is 11.6 Å². The Bertz CT molecular complexity index is 908. The molecule has 0 bridgehead atoms. The fourth-order valence-electron chi connectivity index (χ4n) is 2.19. The molecule has 0 aliphatic heterocycles. The highest BCUT2D eigenvalue weighted by atomic mass is 35.5. The number of halogens is 2. The lowest BCUT2D eigenvalue weighted by Gasteiger charge is -2.36. The number of hydrogen-bond donors (Lipinski definition) is 1. The number of aromatic nitrogens is 3. The second-order valence-electron chi connectivity index (χ2n) is 7.79. The fraction of sp³-hybridized carbons (Fsp3) is 0.588. The Labute approximate surface area is 173 Å². The zero-order valence-electron chi connectivity index (χ0n) is 17.1. The SMILES string of the molecule is COc1nc(Cl)c(F)c2nc(S(C)=O)nc(NCCO[Si](C)(C)C(C)(C)C)c12. The Morgan fingerprint density at radius 3 is 2.43 bits per heavy atom. The van der Waals surface area contributed by atoms with Gasteiger partial charge in [0.25, 0.3) is 0 Å². The fourth-order valence-corrected chi connectivity index (χ4v) is 3.84. The molecule has 0 aliphatic rings. The van der Waals surface area contributed by atoms with E-state index in [0.29, 0.717) is 13.2 Å². The quantitative estimate of drug-likeness (QED) is 0.296. The second-order valence-corrected chi connectivity index (χ2v) is 14.2. The molecule has 1 atom stereocenters. The lowest BCUT2D eigenvalue weighted by molar-refractivity contribution is 0.301. The predicted molar refractivity (Wildman–Crippen MR) is 113 cm³/mol. The second kappa shape index (κ2) is 8.56.